The molecule has 2 aromatic rings. The molecule has 1 fully saturated rings. The van der Waals surface area contributed by atoms with Crippen LogP contribution in [0.4, 0.5) is 5.69 Å². The van der Waals surface area contributed by atoms with Crippen molar-refractivity contribution in [1.29, 1.82) is 0 Å². The molecule has 6 nitrogen and oxygen atoms in total. The topological polar surface area (TPSA) is 81.2 Å². The minimum Gasteiger partial charge on any atom is -0.431 e. The van der Waals surface area contributed by atoms with Gasteiger partial charge in [0, 0.05) is 23.9 Å². The highest BCUT2D eigenvalue weighted by atomic mass is 32.2. The second-order valence-corrected chi connectivity index (χ2v) is 5.82. The standard InChI is InChI=1S/C13H15N3O3S/c17-16(18)10-4-5-12-11(7-10)15-13(19-12)20-8-9-3-1-2-6-14-9/h4-5,7,9,14H,1-3,6,8H2/t9-/m1/s1. The van der Waals surface area contributed by atoms with E-state index in [1.54, 1.807) is 17.8 Å². The summed E-state index contributed by atoms with van der Waals surface area (Å²) in [7, 11) is 0. The lowest BCUT2D eigenvalue weighted by atomic mass is 10.1. The molecule has 0 unspecified atom stereocenters. The van der Waals surface area contributed by atoms with Crippen molar-refractivity contribution >= 4 is 28.5 Å². The van der Waals surface area contributed by atoms with E-state index in [1.807, 2.05) is 0 Å². The molecule has 1 aromatic carbocycles. The lowest BCUT2D eigenvalue weighted by molar-refractivity contribution is -0.384. The average molecular weight is 293 g/mol. The van der Waals surface area contributed by atoms with Crippen molar-refractivity contribution in [3.63, 3.8) is 0 Å². The number of thioether (sulfide) groups is 1. The highest BCUT2D eigenvalue weighted by molar-refractivity contribution is 7.99. The summed E-state index contributed by atoms with van der Waals surface area (Å²) in [5, 5.41) is 14.8. The molecule has 1 saturated heterocycles. The van der Waals surface area contributed by atoms with Crippen molar-refractivity contribution < 1.29 is 9.34 Å². The van der Waals surface area contributed by atoms with Crippen LogP contribution < -0.4 is 5.32 Å². The van der Waals surface area contributed by atoms with Crippen molar-refractivity contribution in [3.8, 4) is 0 Å². The van der Waals surface area contributed by atoms with Crippen molar-refractivity contribution in [2.45, 2.75) is 30.5 Å². The number of oxazole rings is 1. The van der Waals surface area contributed by atoms with Crippen LogP contribution in [0.5, 0.6) is 0 Å². The number of fused-ring (bicyclic) bond motifs is 1. The van der Waals surface area contributed by atoms with E-state index >= 15 is 0 Å². The molecule has 106 valence electrons. The van der Waals surface area contributed by atoms with E-state index in [9.17, 15) is 10.1 Å². The molecule has 0 saturated carbocycles. The maximum absolute atomic E-state index is 10.7. The summed E-state index contributed by atoms with van der Waals surface area (Å²) < 4.78 is 5.60. The SMILES string of the molecule is O=[N+]([O-])c1ccc2oc(SC[C@H]3CCCCN3)nc2c1. The summed E-state index contributed by atoms with van der Waals surface area (Å²) >= 11 is 1.56. The number of benzene rings is 1. The molecule has 1 aliphatic rings. The second-order valence-electron chi connectivity index (χ2n) is 4.85. The third-order valence-corrected chi connectivity index (χ3v) is 4.37. The first kappa shape index (κ1) is 13.4. The minimum atomic E-state index is -0.424. The number of nitro benzene ring substituents is 1. The van der Waals surface area contributed by atoms with Gasteiger partial charge in [-0.1, -0.05) is 18.2 Å². The van der Waals surface area contributed by atoms with Crippen molar-refractivity contribution in [2.24, 2.45) is 0 Å². The number of hydrogen-bond donors (Lipinski definition) is 1. The Bertz CT molecular complexity index is 622. The molecule has 1 atom stereocenters. The summed E-state index contributed by atoms with van der Waals surface area (Å²) in [5.41, 5.74) is 1.17. The summed E-state index contributed by atoms with van der Waals surface area (Å²) in [4.78, 5) is 14.6. The predicted molar refractivity (Wildman–Crippen MR) is 77.0 cm³/mol. The van der Waals surface area contributed by atoms with Crippen molar-refractivity contribution in [2.75, 3.05) is 12.3 Å². The number of nitrogens with zero attached hydrogens (tertiary/aromatic N) is 2. The van der Waals surface area contributed by atoms with E-state index in [2.05, 4.69) is 10.3 Å². The van der Waals surface area contributed by atoms with Crippen LogP contribution in [0.15, 0.2) is 27.8 Å². The van der Waals surface area contributed by atoms with Gasteiger partial charge < -0.3 is 9.73 Å². The van der Waals surface area contributed by atoms with Crippen LogP contribution in [0.2, 0.25) is 0 Å². The van der Waals surface area contributed by atoms with Gasteiger partial charge in [-0.25, -0.2) is 4.98 Å². The quantitative estimate of drug-likeness (QED) is 0.530. The number of aromatic nitrogens is 1. The van der Waals surface area contributed by atoms with Gasteiger partial charge in [0.05, 0.1) is 4.92 Å². The van der Waals surface area contributed by atoms with Gasteiger partial charge in [-0.2, -0.15) is 0 Å². The van der Waals surface area contributed by atoms with E-state index in [1.165, 1.54) is 31.4 Å². The first-order chi connectivity index (χ1) is 9.72. The molecule has 3 rings (SSSR count). The van der Waals surface area contributed by atoms with Crippen LogP contribution in [0.1, 0.15) is 19.3 Å². The fraction of sp³-hybridized carbons (Fsp3) is 0.462. The number of piperidine rings is 1. The van der Waals surface area contributed by atoms with Crippen LogP contribution in [-0.4, -0.2) is 28.2 Å². The molecule has 1 aliphatic heterocycles. The minimum absolute atomic E-state index is 0.0382. The van der Waals surface area contributed by atoms with Crippen LogP contribution >= 0.6 is 11.8 Å². The Kier molecular flexibility index (Phi) is 3.88. The Morgan fingerprint density at radius 1 is 1.50 bits per heavy atom. The Morgan fingerprint density at radius 3 is 3.15 bits per heavy atom. The van der Waals surface area contributed by atoms with Gasteiger partial charge in [-0.15, -0.1) is 0 Å². The van der Waals surface area contributed by atoms with Gasteiger partial charge in [-0.3, -0.25) is 10.1 Å². The third-order valence-electron chi connectivity index (χ3n) is 3.38. The van der Waals surface area contributed by atoms with E-state index in [4.69, 9.17) is 4.42 Å². The van der Waals surface area contributed by atoms with Gasteiger partial charge in [0.15, 0.2) is 5.58 Å². The van der Waals surface area contributed by atoms with Gasteiger partial charge in [0.2, 0.25) is 0 Å². The van der Waals surface area contributed by atoms with Gasteiger partial charge >= 0.3 is 0 Å². The second kappa shape index (κ2) is 5.80. The first-order valence-electron chi connectivity index (χ1n) is 6.63. The van der Waals surface area contributed by atoms with Gasteiger partial charge in [-0.05, 0) is 25.5 Å². The number of nitro groups is 1. The van der Waals surface area contributed by atoms with E-state index in [-0.39, 0.29) is 5.69 Å². The molecule has 0 amide bonds. The van der Waals surface area contributed by atoms with E-state index in [0.29, 0.717) is 22.4 Å². The van der Waals surface area contributed by atoms with Gasteiger partial charge in [0.25, 0.3) is 10.9 Å². The molecule has 1 aromatic heterocycles. The molecule has 20 heavy (non-hydrogen) atoms. The number of nitrogens with one attached hydrogen (secondary N) is 1. The summed E-state index contributed by atoms with van der Waals surface area (Å²) in [6.07, 6.45) is 3.68. The normalized spacial score (nSPS) is 19.3. The number of non-ortho nitro benzene ring substituents is 1. The van der Waals surface area contributed by atoms with Crippen molar-refractivity contribution in [1.82, 2.24) is 10.3 Å². The Morgan fingerprint density at radius 2 is 2.40 bits per heavy atom. The summed E-state index contributed by atoms with van der Waals surface area (Å²) in [6, 6.07) is 4.98. The lowest BCUT2D eigenvalue weighted by Gasteiger charge is -2.22. The monoisotopic (exact) mass is 293 g/mol. The molecule has 0 spiro atoms. The predicted octanol–water partition coefficient (Wildman–Crippen LogP) is 2.97. The fourth-order valence-electron chi connectivity index (χ4n) is 2.31. The van der Waals surface area contributed by atoms with E-state index in [0.717, 1.165) is 12.3 Å². The zero-order valence-corrected chi connectivity index (χ0v) is 11.7. The average Bonchev–Trinajstić information content (AvgIpc) is 2.88. The summed E-state index contributed by atoms with van der Waals surface area (Å²) in [6.45, 7) is 1.07. The zero-order valence-electron chi connectivity index (χ0n) is 10.9. The molecule has 0 aliphatic carbocycles. The fourth-order valence-corrected chi connectivity index (χ4v) is 3.25. The van der Waals surface area contributed by atoms with Crippen molar-refractivity contribution in [3.05, 3.63) is 28.3 Å². The van der Waals surface area contributed by atoms with Gasteiger partial charge in [0.1, 0.15) is 5.52 Å². The molecule has 2 heterocycles. The maximum Gasteiger partial charge on any atom is 0.271 e. The number of hydrogen-bond acceptors (Lipinski definition) is 6. The molecule has 0 radical (unpaired) electrons. The Hall–Kier alpha value is -1.60. The molecule has 7 heteroatoms. The molecule has 0 bridgehead atoms. The molecule has 1 N–H and O–H groups in total. The zero-order chi connectivity index (χ0) is 13.9. The smallest absolute Gasteiger partial charge is 0.271 e. The largest absolute Gasteiger partial charge is 0.431 e. The van der Waals surface area contributed by atoms with Crippen LogP contribution in [0, 0.1) is 10.1 Å². The van der Waals surface area contributed by atoms with Crippen LogP contribution in [0.3, 0.4) is 0 Å². The lowest BCUT2D eigenvalue weighted by Crippen LogP contribution is -2.35. The first-order valence-corrected chi connectivity index (χ1v) is 7.62. The maximum atomic E-state index is 10.7. The van der Waals surface area contributed by atoms with Crippen LogP contribution in [-0.2, 0) is 0 Å². The Balaban J connectivity index is 1.70. The summed E-state index contributed by atoms with van der Waals surface area (Å²) in [5.74, 6) is 0.912. The Labute approximate surface area is 120 Å². The highest BCUT2D eigenvalue weighted by Crippen LogP contribution is 2.27. The number of rotatable bonds is 4. The molecular formula is C13H15N3O3S. The van der Waals surface area contributed by atoms with Crippen LogP contribution in [0.25, 0.3) is 11.1 Å². The highest BCUT2D eigenvalue weighted by Gasteiger charge is 2.16. The molecular weight excluding hydrogens is 278 g/mol. The third kappa shape index (κ3) is 2.94. The van der Waals surface area contributed by atoms with E-state index < -0.39 is 4.92 Å².